The van der Waals surface area contributed by atoms with E-state index >= 15 is 0 Å². The third-order valence-electron chi connectivity index (χ3n) is 4.62. The van der Waals surface area contributed by atoms with Crippen molar-refractivity contribution in [2.24, 2.45) is 5.92 Å². The van der Waals surface area contributed by atoms with Gasteiger partial charge in [0.2, 0.25) is 0 Å². The molecule has 2 atom stereocenters. The lowest BCUT2D eigenvalue weighted by molar-refractivity contribution is 0.0771. The van der Waals surface area contributed by atoms with Crippen LogP contribution in [0.3, 0.4) is 0 Å². The molecule has 1 saturated carbocycles. The van der Waals surface area contributed by atoms with Crippen molar-refractivity contribution in [3.05, 3.63) is 0 Å². The molecule has 1 fully saturated rings. The molecule has 0 aromatic heterocycles. The third-order valence-corrected chi connectivity index (χ3v) is 9.12. The summed E-state index contributed by atoms with van der Waals surface area (Å²) in [6.07, 6.45) is 7.31. The van der Waals surface area contributed by atoms with Gasteiger partial charge in [-0.3, -0.25) is 0 Å². The number of hydrogen-bond acceptors (Lipinski definition) is 1. The Morgan fingerprint density at radius 3 is 2.19 bits per heavy atom. The molecule has 0 heterocycles. The van der Waals surface area contributed by atoms with Gasteiger partial charge in [0.1, 0.15) is 0 Å². The minimum absolute atomic E-state index is 0.350. The highest BCUT2D eigenvalue weighted by Gasteiger charge is 2.40. The van der Waals surface area contributed by atoms with Gasteiger partial charge >= 0.3 is 0 Å². The Morgan fingerprint density at radius 2 is 1.69 bits per heavy atom. The van der Waals surface area contributed by atoms with Gasteiger partial charge in [-0.15, -0.1) is 0 Å². The molecule has 0 aromatic carbocycles. The Labute approximate surface area is 103 Å². The lowest BCUT2D eigenvalue weighted by Gasteiger charge is -2.43. The van der Waals surface area contributed by atoms with Gasteiger partial charge in [-0.2, -0.15) is 0 Å². The molecule has 0 bridgehead atoms. The third kappa shape index (κ3) is 3.33. The number of hydrogen-bond donors (Lipinski definition) is 0. The monoisotopic (exact) mass is 242 g/mol. The zero-order valence-electron chi connectivity index (χ0n) is 12.1. The minimum Gasteiger partial charge on any atom is -0.414 e. The molecule has 0 saturated heterocycles. The summed E-state index contributed by atoms with van der Waals surface area (Å²) < 4.78 is 6.59. The van der Waals surface area contributed by atoms with Crippen LogP contribution in [0, 0.1) is 5.92 Å². The van der Waals surface area contributed by atoms with Gasteiger partial charge in [0.15, 0.2) is 8.32 Å². The molecule has 1 aliphatic rings. The predicted octanol–water partition coefficient (Wildman–Crippen LogP) is 4.98. The smallest absolute Gasteiger partial charge is 0.192 e. The van der Waals surface area contributed by atoms with Crippen molar-refractivity contribution in [3.8, 4) is 0 Å². The quantitative estimate of drug-likeness (QED) is 0.634. The Hall–Kier alpha value is 0.177. The van der Waals surface area contributed by atoms with E-state index in [0.717, 1.165) is 5.92 Å². The van der Waals surface area contributed by atoms with Gasteiger partial charge in [0, 0.05) is 6.10 Å². The van der Waals surface area contributed by atoms with E-state index in [9.17, 15) is 0 Å². The van der Waals surface area contributed by atoms with Crippen molar-refractivity contribution in [2.75, 3.05) is 0 Å². The fourth-order valence-electron chi connectivity index (χ4n) is 2.35. The molecule has 16 heavy (non-hydrogen) atoms. The molecular weight excluding hydrogens is 212 g/mol. The van der Waals surface area contributed by atoms with E-state index in [1.54, 1.807) is 0 Å². The van der Waals surface area contributed by atoms with E-state index in [0.29, 0.717) is 11.1 Å². The standard InChI is InChI=1S/C14H30OSi/c1-7-12-10-8-9-11-13(12)15-16(5,6)14(2,3)4/h12-13H,7-11H2,1-6H3. The average molecular weight is 242 g/mol. The topological polar surface area (TPSA) is 9.23 Å². The summed E-state index contributed by atoms with van der Waals surface area (Å²) >= 11 is 0. The lowest BCUT2D eigenvalue weighted by Crippen LogP contribution is -2.46. The Kier molecular flexibility index (Phi) is 4.64. The van der Waals surface area contributed by atoms with Gasteiger partial charge in [-0.1, -0.05) is 47.0 Å². The van der Waals surface area contributed by atoms with Crippen LogP contribution in [0.2, 0.25) is 18.1 Å². The molecule has 0 radical (unpaired) electrons. The molecular formula is C14H30OSi. The van der Waals surface area contributed by atoms with Crippen LogP contribution in [0.1, 0.15) is 59.8 Å². The van der Waals surface area contributed by atoms with Gasteiger partial charge < -0.3 is 4.43 Å². The predicted molar refractivity (Wildman–Crippen MR) is 74.3 cm³/mol. The van der Waals surface area contributed by atoms with E-state index in [1.807, 2.05) is 0 Å². The number of rotatable bonds is 3. The van der Waals surface area contributed by atoms with Crippen LogP contribution in [0.5, 0.6) is 0 Å². The zero-order chi connectivity index (χ0) is 12.4. The molecule has 0 aliphatic heterocycles. The maximum atomic E-state index is 6.59. The van der Waals surface area contributed by atoms with Crippen LogP contribution in [0.15, 0.2) is 0 Å². The molecule has 0 N–H and O–H groups in total. The highest BCUT2D eigenvalue weighted by atomic mass is 28.4. The first-order chi connectivity index (χ1) is 7.28. The summed E-state index contributed by atoms with van der Waals surface area (Å²) in [5.74, 6) is 0.822. The van der Waals surface area contributed by atoms with E-state index in [1.165, 1.54) is 32.1 Å². The van der Waals surface area contributed by atoms with Crippen LogP contribution in [0.25, 0.3) is 0 Å². The minimum atomic E-state index is -1.55. The SMILES string of the molecule is CCC1CCCCC1O[Si](C)(C)C(C)(C)C. The second kappa shape index (κ2) is 5.22. The molecule has 1 aliphatic carbocycles. The van der Waals surface area contributed by atoms with Crippen molar-refractivity contribution in [2.45, 2.75) is 84.0 Å². The highest BCUT2D eigenvalue weighted by Crippen LogP contribution is 2.40. The van der Waals surface area contributed by atoms with E-state index in [2.05, 4.69) is 40.8 Å². The largest absolute Gasteiger partial charge is 0.414 e. The van der Waals surface area contributed by atoms with E-state index < -0.39 is 8.32 Å². The highest BCUT2D eigenvalue weighted by molar-refractivity contribution is 6.74. The molecule has 2 unspecified atom stereocenters. The van der Waals surface area contributed by atoms with Gasteiger partial charge in [-0.25, -0.2) is 0 Å². The Balaban J connectivity index is 2.64. The summed E-state index contributed by atoms with van der Waals surface area (Å²) in [4.78, 5) is 0. The van der Waals surface area contributed by atoms with Crippen LogP contribution in [0.4, 0.5) is 0 Å². The van der Waals surface area contributed by atoms with Crippen molar-refractivity contribution in [1.29, 1.82) is 0 Å². The van der Waals surface area contributed by atoms with Crippen LogP contribution in [-0.4, -0.2) is 14.4 Å². The summed E-state index contributed by atoms with van der Waals surface area (Å²) in [6, 6.07) is 0. The summed E-state index contributed by atoms with van der Waals surface area (Å²) in [5, 5.41) is 0.350. The molecule has 2 heteroatoms. The van der Waals surface area contributed by atoms with Crippen LogP contribution in [-0.2, 0) is 4.43 Å². The molecule has 96 valence electrons. The second-order valence-corrected chi connectivity index (χ2v) is 11.6. The molecule has 0 amide bonds. The van der Waals surface area contributed by atoms with Gasteiger partial charge in [-0.05, 0) is 36.9 Å². The first-order valence-electron chi connectivity index (χ1n) is 6.96. The maximum absolute atomic E-state index is 6.59. The zero-order valence-corrected chi connectivity index (χ0v) is 13.1. The van der Waals surface area contributed by atoms with Gasteiger partial charge in [0.25, 0.3) is 0 Å². The van der Waals surface area contributed by atoms with Gasteiger partial charge in [0.05, 0.1) is 0 Å². The molecule has 0 aromatic rings. The fourth-order valence-corrected chi connectivity index (χ4v) is 3.77. The van der Waals surface area contributed by atoms with Crippen molar-refractivity contribution < 1.29 is 4.43 Å². The fraction of sp³-hybridized carbons (Fsp3) is 1.00. The summed E-state index contributed by atoms with van der Waals surface area (Å²) in [5.41, 5.74) is 0. The second-order valence-electron chi connectivity index (χ2n) is 6.87. The lowest BCUT2D eigenvalue weighted by atomic mass is 9.85. The summed E-state index contributed by atoms with van der Waals surface area (Å²) in [6.45, 7) is 14.1. The van der Waals surface area contributed by atoms with Crippen LogP contribution < -0.4 is 0 Å². The maximum Gasteiger partial charge on any atom is 0.192 e. The first-order valence-corrected chi connectivity index (χ1v) is 9.86. The Bertz CT molecular complexity index is 217. The van der Waals surface area contributed by atoms with E-state index in [4.69, 9.17) is 4.43 Å². The normalized spacial score (nSPS) is 28.1. The molecule has 1 rings (SSSR count). The first kappa shape index (κ1) is 14.2. The summed E-state index contributed by atoms with van der Waals surface area (Å²) in [7, 11) is -1.55. The molecule has 1 nitrogen and oxygen atoms in total. The van der Waals surface area contributed by atoms with E-state index in [-0.39, 0.29) is 0 Å². The van der Waals surface area contributed by atoms with Crippen LogP contribution >= 0.6 is 0 Å². The van der Waals surface area contributed by atoms with Crippen molar-refractivity contribution in [3.63, 3.8) is 0 Å². The Morgan fingerprint density at radius 1 is 1.12 bits per heavy atom. The average Bonchev–Trinajstić information content (AvgIpc) is 2.16. The van der Waals surface area contributed by atoms with Crippen molar-refractivity contribution >= 4 is 8.32 Å². The molecule has 0 spiro atoms. The van der Waals surface area contributed by atoms with Crippen molar-refractivity contribution in [1.82, 2.24) is 0 Å².